The molecule has 0 spiro atoms. The number of esters is 1. The molecule has 1 fully saturated rings. The van der Waals surface area contributed by atoms with E-state index in [4.69, 9.17) is 4.74 Å². The van der Waals surface area contributed by atoms with Crippen molar-refractivity contribution < 1.29 is 23.9 Å². The summed E-state index contributed by atoms with van der Waals surface area (Å²) < 4.78 is 10.0. The van der Waals surface area contributed by atoms with Crippen molar-refractivity contribution in [1.82, 2.24) is 9.80 Å². The summed E-state index contributed by atoms with van der Waals surface area (Å²) in [6, 6.07) is 6.43. The largest absolute Gasteiger partial charge is 0.465 e. The summed E-state index contributed by atoms with van der Waals surface area (Å²) in [4.78, 5) is 39.5. The molecule has 1 aromatic rings. The highest BCUT2D eigenvalue weighted by atomic mass is 16.6. The maximum absolute atomic E-state index is 12.6. The van der Waals surface area contributed by atoms with Gasteiger partial charge < -0.3 is 19.3 Å². The number of methoxy groups -OCH3 is 1. The van der Waals surface area contributed by atoms with Crippen molar-refractivity contribution >= 4 is 18.0 Å². The van der Waals surface area contributed by atoms with Crippen LogP contribution in [0.3, 0.4) is 0 Å². The van der Waals surface area contributed by atoms with Gasteiger partial charge in [-0.25, -0.2) is 9.59 Å². The van der Waals surface area contributed by atoms with Gasteiger partial charge in [-0.3, -0.25) is 4.79 Å². The van der Waals surface area contributed by atoms with Gasteiger partial charge in [0.2, 0.25) is 0 Å². The van der Waals surface area contributed by atoms with Crippen LogP contribution in [0.25, 0.3) is 0 Å². The SMILES string of the molecule is COC(=O)c1cccc(C(=O)N2CCN(C(=O)OC(C)(C)C)CC2)c1. The number of piperazine rings is 1. The van der Waals surface area contributed by atoms with Crippen molar-refractivity contribution in [3.8, 4) is 0 Å². The highest BCUT2D eigenvalue weighted by Crippen LogP contribution is 2.14. The van der Waals surface area contributed by atoms with Crippen molar-refractivity contribution in [3.05, 3.63) is 35.4 Å². The normalized spacial score (nSPS) is 14.9. The van der Waals surface area contributed by atoms with Gasteiger partial charge in [0.15, 0.2) is 0 Å². The van der Waals surface area contributed by atoms with Crippen LogP contribution in [0, 0.1) is 0 Å². The zero-order valence-electron chi connectivity index (χ0n) is 15.1. The molecule has 0 saturated carbocycles. The van der Waals surface area contributed by atoms with E-state index in [2.05, 4.69) is 4.74 Å². The number of hydrogen-bond donors (Lipinski definition) is 0. The molecule has 0 aliphatic carbocycles. The van der Waals surface area contributed by atoms with Gasteiger partial charge in [0, 0.05) is 31.7 Å². The van der Waals surface area contributed by atoms with Gasteiger partial charge in [0.05, 0.1) is 12.7 Å². The standard InChI is InChI=1S/C18H24N2O5/c1-18(2,3)25-17(23)20-10-8-19(9-11-20)15(21)13-6-5-7-14(12-13)16(22)24-4/h5-7,12H,8-11H2,1-4H3. The van der Waals surface area contributed by atoms with Gasteiger partial charge in [-0.05, 0) is 39.0 Å². The van der Waals surface area contributed by atoms with E-state index in [1.807, 2.05) is 20.8 Å². The number of benzene rings is 1. The number of rotatable bonds is 2. The molecule has 7 nitrogen and oxygen atoms in total. The van der Waals surface area contributed by atoms with E-state index in [0.29, 0.717) is 37.3 Å². The first kappa shape index (κ1) is 18.8. The predicted molar refractivity (Wildman–Crippen MR) is 91.5 cm³/mol. The summed E-state index contributed by atoms with van der Waals surface area (Å²) in [5, 5.41) is 0. The van der Waals surface area contributed by atoms with Gasteiger partial charge in [0.25, 0.3) is 5.91 Å². The molecule has 0 atom stereocenters. The van der Waals surface area contributed by atoms with E-state index in [9.17, 15) is 14.4 Å². The van der Waals surface area contributed by atoms with Gasteiger partial charge in [0.1, 0.15) is 5.60 Å². The first-order valence-electron chi connectivity index (χ1n) is 8.17. The molecule has 2 amide bonds. The van der Waals surface area contributed by atoms with Crippen molar-refractivity contribution in [2.45, 2.75) is 26.4 Å². The number of carbonyl (C=O) groups excluding carboxylic acids is 3. The highest BCUT2D eigenvalue weighted by molar-refractivity contribution is 5.98. The topological polar surface area (TPSA) is 76.2 Å². The number of nitrogens with zero attached hydrogens (tertiary/aromatic N) is 2. The number of ether oxygens (including phenoxy) is 2. The van der Waals surface area contributed by atoms with E-state index >= 15 is 0 Å². The summed E-state index contributed by atoms with van der Waals surface area (Å²) in [6.45, 7) is 7.12. The monoisotopic (exact) mass is 348 g/mol. The van der Waals surface area contributed by atoms with Crippen molar-refractivity contribution in [1.29, 1.82) is 0 Å². The number of hydrogen-bond acceptors (Lipinski definition) is 5. The lowest BCUT2D eigenvalue weighted by Crippen LogP contribution is -2.51. The lowest BCUT2D eigenvalue weighted by Gasteiger charge is -2.35. The minimum Gasteiger partial charge on any atom is -0.465 e. The zero-order chi connectivity index (χ0) is 18.6. The van der Waals surface area contributed by atoms with Crippen LogP contribution in [0.15, 0.2) is 24.3 Å². The Hall–Kier alpha value is -2.57. The zero-order valence-corrected chi connectivity index (χ0v) is 15.1. The Morgan fingerprint density at radius 2 is 1.52 bits per heavy atom. The molecular formula is C18H24N2O5. The maximum Gasteiger partial charge on any atom is 0.410 e. The van der Waals surface area contributed by atoms with Crippen LogP contribution >= 0.6 is 0 Å². The molecule has 0 aromatic heterocycles. The molecule has 136 valence electrons. The van der Waals surface area contributed by atoms with Crippen molar-refractivity contribution in [3.63, 3.8) is 0 Å². The Morgan fingerprint density at radius 3 is 2.08 bits per heavy atom. The Morgan fingerprint density at radius 1 is 0.960 bits per heavy atom. The van der Waals surface area contributed by atoms with Crippen molar-refractivity contribution in [2.75, 3.05) is 33.3 Å². The molecule has 0 N–H and O–H groups in total. The third-order valence-electron chi connectivity index (χ3n) is 3.75. The Balaban J connectivity index is 1.98. The smallest absolute Gasteiger partial charge is 0.410 e. The van der Waals surface area contributed by atoms with E-state index < -0.39 is 11.6 Å². The van der Waals surface area contributed by atoms with Crippen LogP contribution in [0.2, 0.25) is 0 Å². The van der Waals surface area contributed by atoms with Gasteiger partial charge in [-0.1, -0.05) is 6.07 Å². The van der Waals surface area contributed by atoms with E-state index in [1.165, 1.54) is 13.2 Å². The third kappa shape index (κ3) is 4.95. The first-order chi connectivity index (χ1) is 11.7. The lowest BCUT2D eigenvalue weighted by atomic mass is 10.1. The molecule has 1 aliphatic heterocycles. The Labute approximate surface area is 147 Å². The van der Waals surface area contributed by atoms with Crippen LogP contribution in [-0.4, -0.2) is 66.7 Å². The molecule has 2 rings (SSSR count). The summed E-state index contributed by atoms with van der Waals surface area (Å²) >= 11 is 0. The molecular weight excluding hydrogens is 324 g/mol. The van der Waals surface area contributed by atoms with Gasteiger partial charge >= 0.3 is 12.1 Å². The number of amides is 2. The quantitative estimate of drug-likeness (QED) is 0.766. The first-order valence-corrected chi connectivity index (χ1v) is 8.17. The summed E-state index contributed by atoms with van der Waals surface area (Å²) in [5.74, 6) is -0.654. The average molecular weight is 348 g/mol. The van der Waals surface area contributed by atoms with Gasteiger partial charge in [-0.2, -0.15) is 0 Å². The van der Waals surface area contributed by atoms with Gasteiger partial charge in [-0.15, -0.1) is 0 Å². The minimum atomic E-state index is -0.543. The third-order valence-corrected chi connectivity index (χ3v) is 3.75. The van der Waals surface area contributed by atoms with Crippen LogP contribution in [0.1, 0.15) is 41.5 Å². The Kier molecular flexibility index (Phi) is 5.66. The van der Waals surface area contributed by atoms with Crippen molar-refractivity contribution in [2.24, 2.45) is 0 Å². The molecule has 0 radical (unpaired) electrons. The molecule has 1 aliphatic rings. The molecule has 25 heavy (non-hydrogen) atoms. The fourth-order valence-corrected chi connectivity index (χ4v) is 2.50. The fourth-order valence-electron chi connectivity index (χ4n) is 2.50. The predicted octanol–water partition coefficient (Wildman–Crippen LogP) is 2.17. The summed E-state index contributed by atoms with van der Waals surface area (Å²) in [6.07, 6.45) is -0.368. The van der Waals surface area contributed by atoms with E-state index in [1.54, 1.807) is 28.0 Å². The van der Waals surface area contributed by atoms with Crippen LogP contribution in [0.5, 0.6) is 0 Å². The van der Waals surface area contributed by atoms with Crippen LogP contribution in [-0.2, 0) is 9.47 Å². The highest BCUT2D eigenvalue weighted by Gasteiger charge is 2.28. The second kappa shape index (κ2) is 7.55. The average Bonchev–Trinajstić information content (AvgIpc) is 2.59. The molecule has 0 unspecified atom stereocenters. The van der Waals surface area contributed by atoms with E-state index in [0.717, 1.165) is 0 Å². The number of carbonyl (C=O) groups is 3. The lowest BCUT2D eigenvalue weighted by molar-refractivity contribution is 0.0140. The molecule has 1 heterocycles. The van der Waals surface area contributed by atoms with Crippen LogP contribution in [0.4, 0.5) is 4.79 Å². The second-order valence-corrected chi connectivity index (χ2v) is 6.83. The summed E-state index contributed by atoms with van der Waals surface area (Å²) in [7, 11) is 1.30. The maximum atomic E-state index is 12.6. The molecule has 1 saturated heterocycles. The molecule has 0 bridgehead atoms. The second-order valence-electron chi connectivity index (χ2n) is 6.83. The molecule has 1 aromatic carbocycles. The Bertz CT molecular complexity index is 658. The fraction of sp³-hybridized carbons (Fsp3) is 0.500. The minimum absolute atomic E-state index is 0.172. The van der Waals surface area contributed by atoms with E-state index in [-0.39, 0.29) is 12.0 Å². The van der Waals surface area contributed by atoms with Crippen LogP contribution < -0.4 is 0 Å². The molecule has 7 heteroatoms. The summed E-state index contributed by atoms with van der Waals surface area (Å²) in [5.41, 5.74) is 0.215.